The number of anilines is 2. The Labute approximate surface area is 259 Å². The van der Waals surface area contributed by atoms with Crippen molar-refractivity contribution in [3.63, 3.8) is 0 Å². The fourth-order valence-electron chi connectivity index (χ4n) is 6.66. The van der Waals surface area contributed by atoms with Crippen LogP contribution in [-0.4, -0.2) is 57.2 Å². The number of fused-ring (bicyclic) bond motifs is 2. The van der Waals surface area contributed by atoms with Crippen LogP contribution in [0.3, 0.4) is 0 Å². The van der Waals surface area contributed by atoms with Gasteiger partial charge in [-0.05, 0) is 80.8 Å². The lowest BCUT2D eigenvalue weighted by Gasteiger charge is -2.50. The summed E-state index contributed by atoms with van der Waals surface area (Å²) in [6.45, 7) is 11.1. The number of rotatable bonds is 9. The summed E-state index contributed by atoms with van der Waals surface area (Å²) in [5.74, 6) is 3.47. The van der Waals surface area contributed by atoms with E-state index < -0.39 is 0 Å². The Bertz CT molecular complexity index is 1800. The molecule has 0 radical (unpaired) electrons. The highest BCUT2D eigenvalue weighted by Crippen LogP contribution is 2.43. The molecule has 0 amide bonds. The van der Waals surface area contributed by atoms with Gasteiger partial charge in [0, 0.05) is 43.9 Å². The molecular formula is C35H43N7O2. The third kappa shape index (κ3) is 5.46. The summed E-state index contributed by atoms with van der Waals surface area (Å²) in [6.07, 6.45) is 5.36. The summed E-state index contributed by atoms with van der Waals surface area (Å²) in [7, 11) is 4.16. The SMILES string of the molecule is CCC(C)C1(CN)CN(C)CCC1Oc1c(C)ccc2ncnc(Nc3ccc(Oc4ccc5c(c4)ncn5C)c(C)c3)c12. The van der Waals surface area contributed by atoms with E-state index in [-0.39, 0.29) is 11.5 Å². The minimum absolute atomic E-state index is 0.0139. The lowest BCUT2D eigenvalue weighted by molar-refractivity contribution is -0.0518. The highest BCUT2D eigenvalue weighted by Gasteiger charge is 2.47. The molecular weight excluding hydrogens is 550 g/mol. The van der Waals surface area contributed by atoms with Crippen LogP contribution in [0, 0.1) is 25.2 Å². The predicted octanol–water partition coefficient (Wildman–Crippen LogP) is 6.74. The van der Waals surface area contributed by atoms with Gasteiger partial charge in [0.05, 0.1) is 28.3 Å². The second-order valence-corrected chi connectivity index (χ2v) is 12.4. The number of ether oxygens (including phenoxy) is 2. The molecule has 0 spiro atoms. The molecule has 3 N–H and O–H groups in total. The minimum Gasteiger partial charge on any atom is -0.489 e. The Morgan fingerprint density at radius 1 is 1.02 bits per heavy atom. The van der Waals surface area contributed by atoms with Gasteiger partial charge in [-0.2, -0.15) is 0 Å². The molecule has 1 saturated heterocycles. The first-order chi connectivity index (χ1) is 21.2. The monoisotopic (exact) mass is 593 g/mol. The van der Waals surface area contributed by atoms with E-state index in [9.17, 15) is 0 Å². The van der Waals surface area contributed by atoms with Crippen LogP contribution in [0.5, 0.6) is 17.2 Å². The molecule has 5 aromatic rings. The number of nitrogens with one attached hydrogen (secondary N) is 1. The molecule has 230 valence electrons. The van der Waals surface area contributed by atoms with Crippen molar-refractivity contribution in [3.8, 4) is 17.2 Å². The lowest BCUT2D eigenvalue weighted by atomic mass is 9.67. The van der Waals surface area contributed by atoms with Gasteiger partial charge in [0.15, 0.2) is 0 Å². The van der Waals surface area contributed by atoms with Crippen LogP contribution in [-0.2, 0) is 7.05 Å². The van der Waals surface area contributed by atoms with Gasteiger partial charge in [-0.15, -0.1) is 0 Å². The molecule has 3 heterocycles. The van der Waals surface area contributed by atoms with Gasteiger partial charge in [0.1, 0.15) is 35.5 Å². The Morgan fingerprint density at radius 3 is 2.64 bits per heavy atom. The van der Waals surface area contributed by atoms with Gasteiger partial charge in [-0.25, -0.2) is 15.0 Å². The summed E-state index contributed by atoms with van der Waals surface area (Å²) in [6, 6.07) is 16.1. The van der Waals surface area contributed by atoms with E-state index >= 15 is 0 Å². The molecule has 9 heteroatoms. The number of nitrogens with two attached hydrogens (primary N) is 1. The first-order valence-corrected chi connectivity index (χ1v) is 15.5. The third-order valence-corrected chi connectivity index (χ3v) is 9.53. The summed E-state index contributed by atoms with van der Waals surface area (Å²) < 4.78 is 15.3. The molecule has 1 aliphatic heterocycles. The van der Waals surface area contributed by atoms with Crippen LogP contribution >= 0.6 is 0 Å². The second kappa shape index (κ2) is 12.1. The van der Waals surface area contributed by atoms with Crippen molar-refractivity contribution in [2.45, 2.75) is 46.6 Å². The summed E-state index contributed by atoms with van der Waals surface area (Å²) in [4.78, 5) is 16.1. The quantitative estimate of drug-likeness (QED) is 0.194. The number of nitrogens with zero attached hydrogens (tertiary/aromatic N) is 5. The Balaban J connectivity index is 1.31. The van der Waals surface area contributed by atoms with Gasteiger partial charge in [0.2, 0.25) is 0 Å². The largest absolute Gasteiger partial charge is 0.489 e. The van der Waals surface area contributed by atoms with E-state index in [1.54, 1.807) is 6.33 Å². The first kappa shape index (κ1) is 29.8. The maximum Gasteiger partial charge on any atom is 0.145 e. The smallest absolute Gasteiger partial charge is 0.145 e. The van der Waals surface area contributed by atoms with Crippen molar-refractivity contribution >= 4 is 33.4 Å². The van der Waals surface area contributed by atoms with Crippen LogP contribution in [0.4, 0.5) is 11.5 Å². The van der Waals surface area contributed by atoms with Gasteiger partial charge >= 0.3 is 0 Å². The molecule has 1 fully saturated rings. The molecule has 0 bridgehead atoms. The molecule has 3 aromatic carbocycles. The van der Waals surface area contributed by atoms with E-state index in [0.29, 0.717) is 18.3 Å². The summed E-state index contributed by atoms with van der Waals surface area (Å²) >= 11 is 0. The number of benzene rings is 3. The predicted molar refractivity (Wildman–Crippen MR) is 177 cm³/mol. The normalized spacial score (nSPS) is 19.8. The molecule has 3 unspecified atom stereocenters. The van der Waals surface area contributed by atoms with E-state index in [2.05, 4.69) is 60.1 Å². The van der Waals surface area contributed by atoms with Crippen LogP contribution < -0.4 is 20.5 Å². The van der Waals surface area contributed by atoms with Crippen molar-refractivity contribution < 1.29 is 9.47 Å². The molecule has 44 heavy (non-hydrogen) atoms. The van der Waals surface area contributed by atoms with E-state index in [1.165, 1.54) is 0 Å². The van der Waals surface area contributed by atoms with E-state index in [0.717, 1.165) is 81.9 Å². The number of aryl methyl sites for hydroxylation is 3. The van der Waals surface area contributed by atoms with Crippen molar-refractivity contribution in [3.05, 3.63) is 72.3 Å². The second-order valence-electron chi connectivity index (χ2n) is 12.4. The van der Waals surface area contributed by atoms with Gasteiger partial charge in [0.25, 0.3) is 0 Å². The van der Waals surface area contributed by atoms with Crippen LogP contribution in [0.2, 0.25) is 0 Å². The average Bonchev–Trinajstić information content (AvgIpc) is 3.39. The van der Waals surface area contributed by atoms with Crippen LogP contribution in [0.15, 0.2) is 61.2 Å². The van der Waals surface area contributed by atoms with Crippen molar-refractivity contribution in [1.82, 2.24) is 24.4 Å². The van der Waals surface area contributed by atoms with E-state index in [4.69, 9.17) is 20.2 Å². The molecule has 9 nitrogen and oxygen atoms in total. The lowest BCUT2D eigenvalue weighted by Crippen LogP contribution is -2.59. The molecule has 0 aliphatic carbocycles. The van der Waals surface area contributed by atoms with Crippen molar-refractivity contribution in [1.29, 1.82) is 0 Å². The van der Waals surface area contributed by atoms with Crippen molar-refractivity contribution in [2.75, 3.05) is 32.0 Å². The van der Waals surface area contributed by atoms with Gasteiger partial charge in [-0.1, -0.05) is 26.3 Å². The first-order valence-electron chi connectivity index (χ1n) is 15.5. The average molecular weight is 594 g/mol. The standard InChI is InChI=1S/C35H43N7O2/c1-7-24(4)35(18-36)19-41(5)15-14-31(35)44-33-22(2)8-11-27-32(33)34(38-20-37-27)40-25-9-13-30(23(3)16-25)43-26-10-12-29-28(17-26)39-21-42(29)6/h8-13,16-17,20-21,24,31H,7,14-15,18-19,36H2,1-6H3,(H,37,38,40). The summed E-state index contributed by atoms with van der Waals surface area (Å²) in [5.41, 5.74) is 12.1. The number of imidazole rings is 1. The maximum atomic E-state index is 7.04. The van der Waals surface area contributed by atoms with Crippen LogP contribution in [0.1, 0.15) is 37.8 Å². The Hall–Kier alpha value is -4.21. The zero-order valence-electron chi connectivity index (χ0n) is 26.6. The Kier molecular flexibility index (Phi) is 8.18. The minimum atomic E-state index is -0.145. The van der Waals surface area contributed by atoms with E-state index in [1.807, 2.05) is 61.3 Å². The zero-order valence-corrected chi connectivity index (χ0v) is 26.6. The zero-order chi connectivity index (χ0) is 31.0. The van der Waals surface area contributed by atoms with Crippen LogP contribution in [0.25, 0.3) is 21.9 Å². The third-order valence-electron chi connectivity index (χ3n) is 9.53. The van der Waals surface area contributed by atoms with Crippen molar-refractivity contribution in [2.24, 2.45) is 24.1 Å². The van der Waals surface area contributed by atoms with Gasteiger partial charge in [-0.3, -0.25) is 0 Å². The fourth-order valence-corrected chi connectivity index (χ4v) is 6.66. The number of likely N-dealkylation sites (tertiary alicyclic amines) is 1. The fraction of sp³-hybridized carbons (Fsp3) is 0.400. The highest BCUT2D eigenvalue weighted by molar-refractivity contribution is 5.96. The summed E-state index contributed by atoms with van der Waals surface area (Å²) in [5, 5.41) is 4.43. The highest BCUT2D eigenvalue weighted by atomic mass is 16.5. The molecule has 0 saturated carbocycles. The molecule has 1 aliphatic rings. The van der Waals surface area contributed by atoms with Gasteiger partial charge < -0.3 is 30.0 Å². The molecule has 3 atom stereocenters. The number of piperidine rings is 1. The number of aromatic nitrogens is 4. The molecule has 2 aromatic heterocycles. The number of hydrogen-bond donors (Lipinski definition) is 2. The topological polar surface area (TPSA) is 103 Å². The maximum absolute atomic E-state index is 7.04. The molecule has 6 rings (SSSR count). The Morgan fingerprint density at radius 2 is 1.86 bits per heavy atom. The number of hydrogen-bond acceptors (Lipinski definition) is 8.